The van der Waals surface area contributed by atoms with Crippen LogP contribution >= 0.6 is 11.6 Å². The van der Waals surface area contributed by atoms with E-state index in [1.54, 1.807) is 72.8 Å². The van der Waals surface area contributed by atoms with Crippen LogP contribution < -0.4 is 20.2 Å². The van der Waals surface area contributed by atoms with Crippen molar-refractivity contribution >= 4 is 35.3 Å². The molecule has 0 aliphatic rings. The van der Waals surface area contributed by atoms with Crippen LogP contribution in [0.1, 0.15) is 15.9 Å². The van der Waals surface area contributed by atoms with Crippen molar-refractivity contribution in [3.63, 3.8) is 0 Å². The molecule has 0 aliphatic carbocycles. The summed E-state index contributed by atoms with van der Waals surface area (Å²) in [6.07, 6.45) is 1.48. The van der Waals surface area contributed by atoms with Crippen LogP contribution in [0.25, 0.3) is 0 Å². The van der Waals surface area contributed by atoms with Gasteiger partial charge < -0.3 is 14.8 Å². The molecule has 2 N–H and O–H groups in total. The Hall–Kier alpha value is -3.84. The maximum absolute atomic E-state index is 12.2. The monoisotopic (exact) mass is 437 g/mol. The van der Waals surface area contributed by atoms with Gasteiger partial charge in [-0.25, -0.2) is 5.43 Å². The van der Waals surface area contributed by atoms with E-state index in [1.807, 2.05) is 0 Å². The molecule has 0 aliphatic heterocycles. The molecule has 7 nitrogen and oxygen atoms in total. The number of hydrazone groups is 1. The summed E-state index contributed by atoms with van der Waals surface area (Å²) >= 11 is 6.02. The van der Waals surface area contributed by atoms with E-state index >= 15 is 0 Å². The second-order valence-electron chi connectivity index (χ2n) is 6.32. The summed E-state index contributed by atoms with van der Waals surface area (Å²) in [5.74, 6) is 0.369. The molecule has 2 amide bonds. The van der Waals surface area contributed by atoms with Gasteiger partial charge in [-0.2, -0.15) is 5.10 Å². The number of carbonyl (C=O) groups is 2. The fourth-order valence-corrected chi connectivity index (χ4v) is 2.76. The Bertz CT molecular complexity index is 1100. The van der Waals surface area contributed by atoms with E-state index in [4.69, 9.17) is 21.1 Å². The lowest BCUT2D eigenvalue weighted by Gasteiger charge is -2.09. The summed E-state index contributed by atoms with van der Waals surface area (Å²) in [5, 5.41) is 7.10. The average molecular weight is 438 g/mol. The summed E-state index contributed by atoms with van der Waals surface area (Å²) in [7, 11) is 1.53. The highest BCUT2D eigenvalue weighted by atomic mass is 35.5. The van der Waals surface area contributed by atoms with E-state index in [1.165, 1.54) is 13.3 Å². The largest absolute Gasteiger partial charge is 0.497 e. The highest BCUT2D eigenvalue weighted by Gasteiger charge is 2.07. The van der Waals surface area contributed by atoms with E-state index in [9.17, 15) is 9.59 Å². The molecule has 31 heavy (non-hydrogen) atoms. The second-order valence-corrected chi connectivity index (χ2v) is 6.73. The summed E-state index contributed by atoms with van der Waals surface area (Å²) in [5.41, 5.74) is 4.10. The van der Waals surface area contributed by atoms with Crippen molar-refractivity contribution in [1.29, 1.82) is 0 Å². The van der Waals surface area contributed by atoms with Crippen molar-refractivity contribution in [3.8, 4) is 11.5 Å². The number of para-hydroxylation sites is 1. The predicted octanol–water partition coefficient (Wildman–Crippen LogP) is 4.13. The van der Waals surface area contributed by atoms with Gasteiger partial charge in [-0.15, -0.1) is 0 Å². The second kappa shape index (κ2) is 10.8. The Morgan fingerprint density at radius 2 is 1.77 bits per heavy atom. The van der Waals surface area contributed by atoms with Crippen LogP contribution in [0.5, 0.6) is 11.5 Å². The number of benzene rings is 3. The predicted molar refractivity (Wildman–Crippen MR) is 120 cm³/mol. The van der Waals surface area contributed by atoms with Crippen LogP contribution in [-0.2, 0) is 4.79 Å². The number of nitrogens with one attached hydrogen (secondary N) is 2. The van der Waals surface area contributed by atoms with E-state index in [0.29, 0.717) is 33.3 Å². The quantitative estimate of drug-likeness (QED) is 0.409. The lowest BCUT2D eigenvalue weighted by molar-refractivity contribution is -0.118. The number of anilines is 1. The van der Waals surface area contributed by atoms with Gasteiger partial charge in [-0.1, -0.05) is 41.9 Å². The van der Waals surface area contributed by atoms with E-state index < -0.39 is 0 Å². The number of hydrogen-bond acceptors (Lipinski definition) is 5. The van der Waals surface area contributed by atoms with Gasteiger partial charge in [0.2, 0.25) is 0 Å². The first-order chi connectivity index (χ1) is 15.0. The Balaban J connectivity index is 1.53. The summed E-state index contributed by atoms with van der Waals surface area (Å²) < 4.78 is 10.6. The van der Waals surface area contributed by atoms with Crippen molar-refractivity contribution in [2.75, 3.05) is 19.0 Å². The first-order valence-electron chi connectivity index (χ1n) is 9.30. The molecular formula is C23H20ClN3O4. The zero-order valence-corrected chi connectivity index (χ0v) is 17.4. The minimum atomic E-state index is -0.362. The molecule has 3 aromatic rings. The van der Waals surface area contributed by atoms with Crippen LogP contribution in [0.2, 0.25) is 5.02 Å². The molecule has 0 spiro atoms. The Morgan fingerprint density at radius 3 is 2.58 bits per heavy atom. The standard InChI is InChI=1S/C23H20ClN3O4/c1-30-18-8-5-7-17(13-18)23(29)27-25-14-16-6-4-9-19(12-16)31-15-22(28)26-21-11-3-2-10-20(21)24/h2-14H,15H2,1H3,(H,26,28)(H,27,29)/b25-14+. The van der Waals surface area contributed by atoms with Crippen LogP contribution in [0.4, 0.5) is 5.69 Å². The first kappa shape index (κ1) is 21.9. The summed E-state index contributed by atoms with van der Waals surface area (Å²) in [6, 6.07) is 20.7. The third-order valence-electron chi connectivity index (χ3n) is 4.09. The normalized spacial score (nSPS) is 10.5. The number of rotatable bonds is 8. The zero-order chi connectivity index (χ0) is 22.1. The van der Waals surface area contributed by atoms with Crippen molar-refractivity contribution in [2.24, 2.45) is 5.10 Å². The molecule has 8 heteroatoms. The van der Waals surface area contributed by atoms with Gasteiger partial charge in [0.1, 0.15) is 11.5 Å². The summed E-state index contributed by atoms with van der Waals surface area (Å²) in [6.45, 7) is -0.182. The minimum absolute atomic E-state index is 0.182. The molecule has 0 saturated carbocycles. The maximum Gasteiger partial charge on any atom is 0.271 e. The van der Waals surface area contributed by atoms with E-state index in [0.717, 1.165) is 0 Å². The number of ether oxygens (including phenoxy) is 2. The molecule has 0 saturated heterocycles. The Labute approximate surface area is 184 Å². The number of amides is 2. The molecule has 3 rings (SSSR count). The highest BCUT2D eigenvalue weighted by Crippen LogP contribution is 2.20. The fourth-order valence-electron chi connectivity index (χ4n) is 2.58. The van der Waals surface area contributed by atoms with E-state index in [-0.39, 0.29) is 18.4 Å². The third-order valence-corrected chi connectivity index (χ3v) is 4.42. The van der Waals surface area contributed by atoms with Crippen LogP contribution in [0.3, 0.4) is 0 Å². The summed E-state index contributed by atoms with van der Waals surface area (Å²) in [4.78, 5) is 24.2. The topological polar surface area (TPSA) is 89.0 Å². The molecule has 0 unspecified atom stereocenters. The van der Waals surface area contributed by atoms with Gasteiger partial charge >= 0.3 is 0 Å². The molecular weight excluding hydrogens is 418 g/mol. The lowest BCUT2D eigenvalue weighted by atomic mass is 10.2. The molecule has 0 fully saturated rings. The van der Waals surface area contributed by atoms with Crippen molar-refractivity contribution < 1.29 is 19.1 Å². The fraction of sp³-hybridized carbons (Fsp3) is 0.0870. The van der Waals surface area contributed by atoms with Gasteiger partial charge in [-0.05, 0) is 48.0 Å². The average Bonchev–Trinajstić information content (AvgIpc) is 2.79. The van der Waals surface area contributed by atoms with Crippen molar-refractivity contribution in [3.05, 3.63) is 88.9 Å². The molecule has 0 radical (unpaired) electrons. The van der Waals surface area contributed by atoms with Crippen LogP contribution in [0.15, 0.2) is 77.9 Å². The van der Waals surface area contributed by atoms with Crippen LogP contribution in [0, 0.1) is 0 Å². The molecule has 0 bridgehead atoms. The minimum Gasteiger partial charge on any atom is -0.497 e. The third kappa shape index (κ3) is 6.58. The number of nitrogens with zero attached hydrogens (tertiary/aromatic N) is 1. The first-order valence-corrected chi connectivity index (χ1v) is 9.67. The molecule has 0 heterocycles. The van der Waals surface area contributed by atoms with Gasteiger partial charge in [0, 0.05) is 5.56 Å². The molecule has 0 aromatic heterocycles. The number of methoxy groups -OCH3 is 1. The van der Waals surface area contributed by atoms with Gasteiger partial charge in [-0.3, -0.25) is 9.59 Å². The maximum atomic E-state index is 12.2. The zero-order valence-electron chi connectivity index (χ0n) is 16.7. The molecule has 3 aromatic carbocycles. The Kier molecular flexibility index (Phi) is 7.61. The highest BCUT2D eigenvalue weighted by molar-refractivity contribution is 6.33. The number of halogens is 1. The number of hydrogen-bond donors (Lipinski definition) is 2. The number of carbonyl (C=O) groups excluding carboxylic acids is 2. The molecule has 158 valence electrons. The van der Waals surface area contributed by atoms with Gasteiger partial charge in [0.25, 0.3) is 11.8 Å². The Morgan fingerprint density at radius 1 is 1.00 bits per heavy atom. The molecule has 0 atom stereocenters. The van der Waals surface area contributed by atoms with Crippen molar-refractivity contribution in [1.82, 2.24) is 5.43 Å². The smallest absolute Gasteiger partial charge is 0.271 e. The van der Waals surface area contributed by atoms with Gasteiger partial charge in [0.15, 0.2) is 6.61 Å². The van der Waals surface area contributed by atoms with Crippen LogP contribution in [-0.4, -0.2) is 31.7 Å². The SMILES string of the molecule is COc1cccc(C(=O)N/N=C/c2cccc(OCC(=O)Nc3ccccc3Cl)c2)c1. The van der Waals surface area contributed by atoms with Gasteiger partial charge in [0.05, 0.1) is 24.0 Å². The lowest BCUT2D eigenvalue weighted by Crippen LogP contribution is -2.20. The van der Waals surface area contributed by atoms with Crippen molar-refractivity contribution in [2.45, 2.75) is 0 Å². The van der Waals surface area contributed by atoms with E-state index in [2.05, 4.69) is 15.8 Å².